The molecule has 0 bridgehead atoms. The number of amides is 1. The number of carbonyl (C=O) groups excluding carboxylic acids is 1. The van der Waals surface area contributed by atoms with Crippen LogP contribution in [-0.2, 0) is 10.0 Å². The van der Waals surface area contributed by atoms with Crippen molar-refractivity contribution in [1.29, 1.82) is 0 Å². The van der Waals surface area contributed by atoms with Crippen molar-refractivity contribution in [1.82, 2.24) is 0 Å². The van der Waals surface area contributed by atoms with E-state index >= 15 is 0 Å². The molecule has 2 aromatic carbocycles. The van der Waals surface area contributed by atoms with Gasteiger partial charge in [-0.1, -0.05) is 29.8 Å². The van der Waals surface area contributed by atoms with Gasteiger partial charge in [0.15, 0.2) is 0 Å². The van der Waals surface area contributed by atoms with E-state index < -0.39 is 15.9 Å². The van der Waals surface area contributed by atoms with Crippen molar-refractivity contribution in [2.45, 2.75) is 4.90 Å². The quantitative estimate of drug-likeness (QED) is 0.614. The number of methoxy groups -OCH3 is 1. The van der Waals surface area contributed by atoms with Crippen molar-refractivity contribution < 1.29 is 17.9 Å². The van der Waals surface area contributed by atoms with Gasteiger partial charge in [0, 0.05) is 5.69 Å². The van der Waals surface area contributed by atoms with Gasteiger partial charge in [0.2, 0.25) is 0 Å². The Bertz CT molecular complexity index is 1070. The van der Waals surface area contributed by atoms with Crippen LogP contribution in [0, 0.1) is 0 Å². The Hall–Kier alpha value is -2.55. The lowest BCUT2D eigenvalue weighted by atomic mass is 10.3. The molecular formula is C18H15ClN2O4S2. The number of thiophene rings is 1. The van der Waals surface area contributed by atoms with Crippen molar-refractivity contribution in [3.63, 3.8) is 0 Å². The van der Waals surface area contributed by atoms with Gasteiger partial charge in [-0.15, -0.1) is 11.3 Å². The summed E-state index contributed by atoms with van der Waals surface area (Å²) in [7, 11) is -2.29. The van der Waals surface area contributed by atoms with Gasteiger partial charge in [-0.3, -0.25) is 9.52 Å². The van der Waals surface area contributed by atoms with Gasteiger partial charge in [-0.05, 0) is 41.8 Å². The maximum atomic E-state index is 12.6. The second-order valence-electron chi connectivity index (χ2n) is 5.39. The molecule has 9 heteroatoms. The highest BCUT2D eigenvalue weighted by Gasteiger charge is 2.20. The first-order valence-corrected chi connectivity index (χ1v) is 10.4. The van der Waals surface area contributed by atoms with E-state index in [0.29, 0.717) is 16.5 Å². The highest BCUT2D eigenvalue weighted by molar-refractivity contribution is 7.92. The monoisotopic (exact) mass is 422 g/mol. The molecular weight excluding hydrogens is 408 g/mol. The number of carbonyl (C=O) groups is 1. The highest BCUT2D eigenvalue weighted by atomic mass is 35.5. The molecule has 0 aliphatic carbocycles. The summed E-state index contributed by atoms with van der Waals surface area (Å²) in [6.45, 7) is 0. The number of hydrogen-bond donors (Lipinski definition) is 2. The average Bonchev–Trinajstić information content (AvgIpc) is 3.10. The Morgan fingerprint density at radius 2 is 1.85 bits per heavy atom. The van der Waals surface area contributed by atoms with E-state index in [9.17, 15) is 13.2 Å². The predicted octanol–water partition coefficient (Wildman–Crippen LogP) is 4.46. The first kappa shape index (κ1) is 19.2. The van der Waals surface area contributed by atoms with E-state index in [1.165, 1.54) is 19.2 Å². The molecule has 0 aliphatic heterocycles. The molecule has 0 spiro atoms. The predicted molar refractivity (Wildman–Crippen MR) is 108 cm³/mol. The molecule has 0 atom stereocenters. The van der Waals surface area contributed by atoms with E-state index in [1.807, 2.05) is 0 Å². The van der Waals surface area contributed by atoms with Crippen LogP contribution in [-0.4, -0.2) is 21.4 Å². The average molecular weight is 423 g/mol. The Labute approximate surface area is 165 Å². The molecule has 2 N–H and O–H groups in total. The zero-order valence-electron chi connectivity index (χ0n) is 14.1. The molecule has 6 nitrogen and oxygen atoms in total. The van der Waals surface area contributed by atoms with Gasteiger partial charge in [0.05, 0.1) is 22.7 Å². The standard InChI is InChI=1S/C18H15ClN2O4S2/c1-25-16-8-7-12(11-14(16)19)20-18(22)17-15(9-10-26-17)21-27(23,24)13-5-3-2-4-6-13/h2-11,21H,1H3,(H,20,22). The van der Waals surface area contributed by atoms with Gasteiger partial charge in [-0.25, -0.2) is 8.42 Å². The molecule has 3 aromatic rings. The normalized spacial score (nSPS) is 11.0. The summed E-state index contributed by atoms with van der Waals surface area (Å²) in [5.41, 5.74) is 0.678. The molecule has 0 radical (unpaired) electrons. The lowest BCUT2D eigenvalue weighted by molar-refractivity contribution is 0.103. The summed E-state index contributed by atoms with van der Waals surface area (Å²) in [4.78, 5) is 12.9. The Kier molecular flexibility index (Phi) is 5.69. The fourth-order valence-corrected chi connectivity index (χ4v) is 4.46. The van der Waals surface area contributed by atoms with Gasteiger partial charge >= 0.3 is 0 Å². The number of halogens is 1. The van der Waals surface area contributed by atoms with Gasteiger partial charge in [0.25, 0.3) is 15.9 Å². The van der Waals surface area contributed by atoms with Crippen LogP contribution >= 0.6 is 22.9 Å². The molecule has 27 heavy (non-hydrogen) atoms. The topological polar surface area (TPSA) is 84.5 Å². The largest absolute Gasteiger partial charge is 0.495 e. The van der Waals surface area contributed by atoms with E-state index in [-0.39, 0.29) is 15.5 Å². The first-order chi connectivity index (χ1) is 12.9. The summed E-state index contributed by atoms with van der Waals surface area (Å²) in [6, 6.07) is 14.3. The summed E-state index contributed by atoms with van der Waals surface area (Å²) in [5.74, 6) is 0.0408. The van der Waals surface area contributed by atoms with Gasteiger partial charge in [0.1, 0.15) is 10.6 Å². The second kappa shape index (κ2) is 7.99. The summed E-state index contributed by atoms with van der Waals surface area (Å²) >= 11 is 7.19. The number of rotatable bonds is 6. The van der Waals surface area contributed by atoms with E-state index in [1.54, 1.807) is 47.8 Å². The summed E-state index contributed by atoms with van der Waals surface area (Å²) in [5, 5.41) is 4.69. The number of sulfonamides is 1. The fourth-order valence-electron chi connectivity index (χ4n) is 2.30. The molecule has 0 aliphatic rings. The molecule has 0 saturated carbocycles. The minimum Gasteiger partial charge on any atom is -0.495 e. The Morgan fingerprint density at radius 3 is 2.52 bits per heavy atom. The maximum Gasteiger partial charge on any atom is 0.267 e. The highest BCUT2D eigenvalue weighted by Crippen LogP contribution is 2.29. The van der Waals surface area contributed by atoms with Crippen LogP contribution in [0.1, 0.15) is 9.67 Å². The summed E-state index contributed by atoms with van der Waals surface area (Å²) in [6.07, 6.45) is 0. The van der Waals surface area contributed by atoms with Crippen LogP contribution in [0.4, 0.5) is 11.4 Å². The lowest BCUT2D eigenvalue weighted by Gasteiger charge is -2.10. The second-order valence-corrected chi connectivity index (χ2v) is 8.39. The SMILES string of the molecule is COc1ccc(NC(=O)c2sccc2NS(=O)(=O)c2ccccc2)cc1Cl. The number of anilines is 2. The lowest BCUT2D eigenvalue weighted by Crippen LogP contribution is -2.17. The third kappa shape index (κ3) is 4.41. The number of nitrogens with one attached hydrogen (secondary N) is 2. The molecule has 3 rings (SSSR count). The minimum absolute atomic E-state index is 0.115. The van der Waals surface area contributed by atoms with Crippen molar-refractivity contribution in [3.05, 3.63) is 69.9 Å². The van der Waals surface area contributed by atoms with Crippen LogP contribution in [0.25, 0.3) is 0 Å². The van der Waals surface area contributed by atoms with Crippen LogP contribution in [0.5, 0.6) is 5.75 Å². The third-order valence-electron chi connectivity index (χ3n) is 3.58. The van der Waals surface area contributed by atoms with Gasteiger partial charge < -0.3 is 10.1 Å². The Balaban J connectivity index is 1.80. The van der Waals surface area contributed by atoms with E-state index in [0.717, 1.165) is 11.3 Å². The van der Waals surface area contributed by atoms with Crippen molar-refractivity contribution in [3.8, 4) is 5.75 Å². The number of ether oxygens (including phenoxy) is 1. The number of hydrogen-bond acceptors (Lipinski definition) is 5. The molecule has 0 unspecified atom stereocenters. The zero-order valence-corrected chi connectivity index (χ0v) is 16.5. The third-order valence-corrected chi connectivity index (χ3v) is 6.17. The molecule has 1 heterocycles. The molecule has 0 saturated heterocycles. The molecule has 140 valence electrons. The first-order valence-electron chi connectivity index (χ1n) is 7.71. The summed E-state index contributed by atoms with van der Waals surface area (Å²) < 4.78 is 32.5. The van der Waals surface area contributed by atoms with Crippen LogP contribution < -0.4 is 14.8 Å². The molecule has 0 fully saturated rings. The van der Waals surface area contributed by atoms with Crippen molar-refractivity contribution in [2.24, 2.45) is 0 Å². The van der Waals surface area contributed by atoms with Gasteiger partial charge in [-0.2, -0.15) is 0 Å². The van der Waals surface area contributed by atoms with Crippen molar-refractivity contribution >= 4 is 50.2 Å². The number of benzene rings is 2. The zero-order chi connectivity index (χ0) is 19.4. The molecule has 1 amide bonds. The minimum atomic E-state index is -3.79. The maximum absolute atomic E-state index is 12.6. The Morgan fingerprint density at radius 1 is 1.11 bits per heavy atom. The smallest absolute Gasteiger partial charge is 0.267 e. The van der Waals surface area contributed by atoms with Crippen LogP contribution in [0.2, 0.25) is 5.02 Å². The van der Waals surface area contributed by atoms with E-state index in [2.05, 4.69) is 10.0 Å². The molecule has 1 aromatic heterocycles. The van der Waals surface area contributed by atoms with Crippen molar-refractivity contribution in [2.75, 3.05) is 17.1 Å². The van der Waals surface area contributed by atoms with Crippen LogP contribution in [0.3, 0.4) is 0 Å². The fraction of sp³-hybridized carbons (Fsp3) is 0.0556. The van der Waals surface area contributed by atoms with Crippen LogP contribution in [0.15, 0.2) is 64.9 Å². The van der Waals surface area contributed by atoms with E-state index in [4.69, 9.17) is 16.3 Å².